The van der Waals surface area contributed by atoms with E-state index in [0.717, 1.165) is 25.7 Å². The molecule has 0 amide bonds. The molecule has 1 heterocycles. The van der Waals surface area contributed by atoms with Crippen molar-refractivity contribution in [2.24, 2.45) is 0 Å². The van der Waals surface area contributed by atoms with Gasteiger partial charge in [0.25, 0.3) is 0 Å². The van der Waals surface area contributed by atoms with E-state index in [2.05, 4.69) is 6.92 Å². The lowest BCUT2D eigenvalue weighted by Crippen LogP contribution is -2.23. The van der Waals surface area contributed by atoms with Crippen molar-refractivity contribution in [3.05, 3.63) is 12.2 Å². The van der Waals surface area contributed by atoms with Gasteiger partial charge >= 0.3 is 5.97 Å². The van der Waals surface area contributed by atoms with Crippen LogP contribution in [-0.4, -0.2) is 23.3 Å². The van der Waals surface area contributed by atoms with Crippen LogP contribution in [0, 0.1) is 0 Å². The van der Waals surface area contributed by atoms with Gasteiger partial charge < -0.3 is 9.84 Å². The van der Waals surface area contributed by atoms with E-state index >= 15 is 0 Å². The second-order valence-corrected chi connectivity index (χ2v) is 4.02. The number of rotatable bonds is 2. The lowest BCUT2D eigenvalue weighted by molar-refractivity contribution is -0.150. The topological polar surface area (TPSA) is 46.5 Å². The van der Waals surface area contributed by atoms with Crippen LogP contribution in [0.2, 0.25) is 0 Å². The van der Waals surface area contributed by atoms with Crippen LogP contribution < -0.4 is 0 Å². The molecule has 1 N–H and O–H groups in total. The van der Waals surface area contributed by atoms with Crippen LogP contribution in [-0.2, 0) is 9.53 Å². The number of aliphatic hydroxyl groups is 1. The van der Waals surface area contributed by atoms with Gasteiger partial charge in [0.05, 0.1) is 6.10 Å². The Morgan fingerprint density at radius 1 is 1.60 bits per heavy atom. The average Bonchev–Trinajstić information content (AvgIpc) is 2.17. The third kappa shape index (κ3) is 4.98. The molecule has 0 unspecified atom stereocenters. The molecule has 0 bridgehead atoms. The van der Waals surface area contributed by atoms with E-state index in [-0.39, 0.29) is 12.1 Å². The maximum absolute atomic E-state index is 11.4. The summed E-state index contributed by atoms with van der Waals surface area (Å²) in [7, 11) is 0. The number of esters is 1. The zero-order valence-corrected chi connectivity index (χ0v) is 9.32. The summed E-state index contributed by atoms with van der Waals surface area (Å²) in [5.41, 5.74) is 0. The Hall–Kier alpha value is -0.830. The van der Waals surface area contributed by atoms with E-state index in [1.54, 1.807) is 0 Å². The number of ether oxygens (including phenoxy) is 1. The zero-order valence-electron chi connectivity index (χ0n) is 9.32. The number of aliphatic hydroxyl groups excluding tert-OH is 1. The molecule has 0 saturated heterocycles. The Bertz CT molecular complexity index is 223. The fourth-order valence-corrected chi connectivity index (χ4v) is 1.76. The highest BCUT2D eigenvalue weighted by Crippen LogP contribution is 2.14. The van der Waals surface area contributed by atoms with Crippen LogP contribution in [0.3, 0.4) is 0 Å². The van der Waals surface area contributed by atoms with Crippen molar-refractivity contribution in [2.75, 3.05) is 0 Å². The number of cyclic esters (lactones) is 1. The Kier molecular flexibility index (Phi) is 5.40. The summed E-state index contributed by atoms with van der Waals surface area (Å²) >= 11 is 0. The van der Waals surface area contributed by atoms with E-state index in [9.17, 15) is 9.90 Å². The van der Waals surface area contributed by atoms with Crippen molar-refractivity contribution in [2.45, 2.75) is 57.7 Å². The number of carbonyl (C=O) groups is 1. The molecule has 2 atom stereocenters. The molecule has 0 fully saturated rings. The van der Waals surface area contributed by atoms with Gasteiger partial charge in [-0.2, -0.15) is 0 Å². The molecule has 86 valence electrons. The molecule has 0 aromatic heterocycles. The molecule has 0 radical (unpaired) electrons. The highest BCUT2D eigenvalue weighted by molar-refractivity contribution is 5.69. The number of carbonyl (C=O) groups excluding carboxylic acids is 1. The molecular weight excluding hydrogens is 192 g/mol. The molecule has 0 aliphatic carbocycles. The second-order valence-electron chi connectivity index (χ2n) is 4.02. The van der Waals surface area contributed by atoms with Crippen LogP contribution >= 0.6 is 0 Å². The third-order valence-electron chi connectivity index (χ3n) is 2.52. The Morgan fingerprint density at radius 3 is 3.13 bits per heavy atom. The van der Waals surface area contributed by atoms with Gasteiger partial charge in [-0.3, -0.25) is 4.79 Å². The molecule has 0 aromatic carbocycles. The first-order chi connectivity index (χ1) is 7.22. The number of hydrogen-bond acceptors (Lipinski definition) is 3. The third-order valence-corrected chi connectivity index (χ3v) is 2.52. The fraction of sp³-hybridized carbons (Fsp3) is 0.750. The second kappa shape index (κ2) is 6.62. The van der Waals surface area contributed by atoms with Crippen LogP contribution in [0.4, 0.5) is 0 Å². The van der Waals surface area contributed by atoms with Crippen molar-refractivity contribution in [1.29, 1.82) is 0 Å². The summed E-state index contributed by atoms with van der Waals surface area (Å²) in [4.78, 5) is 11.4. The lowest BCUT2D eigenvalue weighted by Gasteiger charge is -2.20. The van der Waals surface area contributed by atoms with Gasteiger partial charge in [0.1, 0.15) is 6.10 Å². The zero-order chi connectivity index (χ0) is 11.1. The Labute approximate surface area is 91.1 Å². The van der Waals surface area contributed by atoms with Gasteiger partial charge in [0.2, 0.25) is 0 Å². The SMILES string of the molecule is CCC[C@H]1C[C@@H](O)/C=C/CCCC(=O)O1. The summed E-state index contributed by atoms with van der Waals surface area (Å²) in [6, 6.07) is 0. The summed E-state index contributed by atoms with van der Waals surface area (Å²) < 4.78 is 5.30. The van der Waals surface area contributed by atoms with E-state index in [1.165, 1.54) is 0 Å². The van der Waals surface area contributed by atoms with E-state index in [1.807, 2.05) is 12.2 Å². The highest BCUT2D eigenvalue weighted by Gasteiger charge is 2.17. The molecule has 1 aliphatic heterocycles. The van der Waals surface area contributed by atoms with Crippen molar-refractivity contribution in [3.63, 3.8) is 0 Å². The van der Waals surface area contributed by atoms with Gasteiger partial charge in [-0.05, 0) is 19.3 Å². The maximum atomic E-state index is 11.4. The fourth-order valence-electron chi connectivity index (χ4n) is 1.76. The smallest absolute Gasteiger partial charge is 0.306 e. The van der Waals surface area contributed by atoms with Gasteiger partial charge in [0, 0.05) is 12.8 Å². The summed E-state index contributed by atoms with van der Waals surface area (Å²) in [5.74, 6) is -0.129. The van der Waals surface area contributed by atoms with Crippen molar-refractivity contribution >= 4 is 5.97 Å². The van der Waals surface area contributed by atoms with Crippen LogP contribution in [0.1, 0.15) is 45.4 Å². The van der Waals surface area contributed by atoms with Crippen LogP contribution in [0.15, 0.2) is 12.2 Å². The van der Waals surface area contributed by atoms with Gasteiger partial charge in [-0.25, -0.2) is 0 Å². The Balaban J connectivity index is 2.55. The standard InChI is InChI=1S/C12H20O3/c1-2-6-11-9-10(13)7-4-3-5-8-12(14)15-11/h4,7,10-11,13H,2-3,5-6,8-9H2,1H3/b7-4+/t10-,11-/m0/s1. The number of allylic oxidation sites excluding steroid dienone is 1. The van der Waals surface area contributed by atoms with Gasteiger partial charge in [-0.1, -0.05) is 25.5 Å². The predicted molar refractivity (Wildman–Crippen MR) is 58.4 cm³/mol. The summed E-state index contributed by atoms with van der Waals surface area (Å²) in [6.07, 6.45) is 7.61. The highest BCUT2D eigenvalue weighted by atomic mass is 16.5. The largest absolute Gasteiger partial charge is 0.462 e. The molecular formula is C12H20O3. The average molecular weight is 212 g/mol. The maximum Gasteiger partial charge on any atom is 0.306 e. The summed E-state index contributed by atoms with van der Waals surface area (Å²) in [5, 5.41) is 9.64. The van der Waals surface area contributed by atoms with Crippen LogP contribution in [0.25, 0.3) is 0 Å². The molecule has 1 rings (SSSR count). The quantitative estimate of drug-likeness (QED) is 0.563. The molecule has 0 aromatic rings. The van der Waals surface area contributed by atoms with Gasteiger partial charge in [0.15, 0.2) is 0 Å². The minimum atomic E-state index is -0.479. The van der Waals surface area contributed by atoms with E-state index in [0.29, 0.717) is 12.8 Å². The van der Waals surface area contributed by atoms with E-state index in [4.69, 9.17) is 4.74 Å². The summed E-state index contributed by atoms with van der Waals surface area (Å²) in [6.45, 7) is 2.05. The van der Waals surface area contributed by atoms with Crippen molar-refractivity contribution < 1.29 is 14.6 Å². The molecule has 3 nitrogen and oxygen atoms in total. The van der Waals surface area contributed by atoms with Gasteiger partial charge in [-0.15, -0.1) is 0 Å². The Morgan fingerprint density at radius 2 is 2.40 bits per heavy atom. The molecule has 0 saturated carbocycles. The lowest BCUT2D eigenvalue weighted by atomic mass is 10.1. The first-order valence-electron chi connectivity index (χ1n) is 5.76. The first-order valence-corrected chi connectivity index (χ1v) is 5.76. The van der Waals surface area contributed by atoms with E-state index < -0.39 is 6.10 Å². The minimum Gasteiger partial charge on any atom is -0.462 e. The normalized spacial score (nSPS) is 30.7. The van der Waals surface area contributed by atoms with Crippen molar-refractivity contribution in [3.8, 4) is 0 Å². The predicted octanol–water partition coefficient (Wildman–Crippen LogP) is 2.19. The first kappa shape index (κ1) is 12.2. The molecule has 1 aliphatic rings. The minimum absolute atomic E-state index is 0.125. The molecule has 15 heavy (non-hydrogen) atoms. The van der Waals surface area contributed by atoms with Crippen molar-refractivity contribution in [1.82, 2.24) is 0 Å². The molecule has 3 heteroatoms. The molecule has 0 spiro atoms. The van der Waals surface area contributed by atoms with Crippen LogP contribution in [0.5, 0.6) is 0 Å². The number of hydrogen-bond donors (Lipinski definition) is 1. The monoisotopic (exact) mass is 212 g/mol.